The van der Waals surface area contributed by atoms with Crippen molar-refractivity contribution in [1.82, 2.24) is 25.4 Å². The van der Waals surface area contributed by atoms with E-state index < -0.39 is 0 Å². The van der Waals surface area contributed by atoms with Crippen LogP contribution in [-0.2, 0) is 11.3 Å². The molecular formula is C14H12N6O. The lowest BCUT2D eigenvalue weighted by Gasteiger charge is -2.00. The van der Waals surface area contributed by atoms with Gasteiger partial charge in [0.05, 0.1) is 11.7 Å². The van der Waals surface area contributed by atoms with Crippen molar-refractivity contribution < 1.29 is 4.79 Å². The van der Waals surface area contributed by atoms with E-state index in [1.807, 2.05) is 30.3 Å². The third-order valence-corrected chi connectivity index (χ3v) is 2.80. The topological polar surface area (TPSA) is 85.1 Å². The highest BCUT2D eigenvalue weighted by molar-refractivity contribution is 5.83. The van der Waals surface area contributed by atoms with E-state index in [2.05, 4.69) is 25.8 Å². The molecule has 0 unspecified atom stereocenters. The van der Waals surface area contributed by atoms with Gasteiger partial charge in [0, 0.05) is 18.0 Å². The van der Waals surface area contributed by atoms with Crippen LogP contribution >= 0.6 is 0 Å². The number of aromatic nitrogens is 4. The summed E-state index contributed by atoms with van der Waals surface area (Å²) in [5, 5.41) is 11.8. The molecule has 0 bridgehead atoms. The largest absolute Gasteiger partial charge is 0.271 e. The Labute approximate surface area is 120 Å². The summed E-state index contributed by atoms with van der Waals surface area (Å²) in [5.74, 6) is -0.272. The van der Waals surface area contributed by atoms with Crippen LogP contribution in [0.15, 0.2) is 53.9 Å². The predicted octanol–water partition coefficient (Wildman–Crippen LogP) is 0.977. The number of fused-ring (bicyclic) bond motifs is 1. The Kier molecular flexibility index (Phi) is 3.64. The fraction of sp³-hybridized carbons (Fsp3) is 0.0714. The molecular weight excluding hydrogens is 268 g/mol. The Bertz CT molecular complexity index is 780. The van der Waals surface area contributed by atoms with Crippen LogP contribution in [-0.4, -0.2) is 32.1 Å². The molecule has 0 aliphatic carbocycles. The number of para-hydroxylation sites is 1. The number of hydrogen-bond donors (Lipinski definition) is 1. The van der Waals surface area contributed by atoms with Crippen LogP contribution in [0.3, 0.4) is 0 Å². The first kappa shape index (κ1) is 12.9. The zero-order valence-corrected chi connectivity index (χ0v) is 11.0. The van der Waals surface area contributed by atoms with Gasteiger partial charge in [0.25, 0.3) is 5.91 Å². The summed E-state index contributed by atoms with van der Waals surface area (Å²) in [4.78, 5) is 15.8. The molecule has 2 heterocycles. The average molecular weight is 280 g/mol. The molecule has 1 N–H and O–H groups in total. The van der Waals surface area contributed by atoms with Crippen molar-refractivity contribution in [2.24, 2.45) is 5.10 Å². The second-order valence-electron chi connectivity index (χ2n) is 4.32. The van der Waals surface area contributed by atoms with Crippen LogP contribution in [0.4, 0.5) is 0 Å². The predicted molar refractivity (Wildman–Crippen MR) is 77.5 cm³/mol. The maximum atomic E-state index is 11.8. The minimum Gasteiger partial charge on any atom is -0.271 e. The number of carbonyl (C=O) groups excluding carboxylic acids is 1. The van der Waals surface area contributed by atoms with E-state index in [4.69, 9.17) is 0 Å². The molecule has 0 fully saturated rings. The molecule has 3 rings (SSSR count). The molecule has 104 valence electrons. The van der Waals surface area contributed by atoms with Crippen LogP contribution in [0, 0.1) is 0 Å². The van der Waals surface area contributed by atoms with Gasteiger partial charge in [0.2, 0.25) is 0 Å². The molecule has 0 aliphatic rings. The van der Waals surface area contributed by atoms with Gasteiger partial charge < -0.3 is 0 Å². The number of carbonyl (C=O) groups is 1. The normalized spacial score (nSPS) is 11.0. The number of hydrazone groups is 1. The first-order valence-electron chi connectivity index (χ1n) is 6.33. The monoisotopic (exact) mass is 280 g/mol. The number of pyridine rings is 1. The fourth-order valence-electron chi connectivity index (χ4n) is 1.84. The van der Waals surface area contributed by atoms with Crippen molar-refractivity contribution in [2.75, 3.05) is 0 Å². The molecule has 0 aliphatic heterocycles. The van der Waals surface area contributed by atoms with Crippen LogP contribution in [0.1, 0.15) is 5.56 Å². The maximum Gasteiger partial charge on any atom is 0.261 e. The molecule has 1 aromatic carbocycles. The van der Waals surface area contributed by atoms with E-state index >= 15 is 0 Å². The van der Waals surface area contributed by atoms with Crippen molar-refractivity contribution in [3.8, 4) is 0 Å². The van der Waals surface area contributed by atoms with E-state index in [1.165, 1.54) is 10.9 Å². The lowest BCUT2D eigenvalue weighted by Crippen LogP contribution is -2.23. The van der Waals surface area contributed by atoms with E-state index in [9.17, 15) is 4.79 Å². The zero-order chi connectivity index (χ0) is 14.5. The van der Waals surface area contributed by atoms with E-state index in [-0.39, 0.29) is 12.5 Å². The summed E-state index contributed by atoms with van der Waals surface area (Å²) >= 11 is 0. The van der Waals surface area contributed by atoms with Crippen LogP contribution in [0.25, 0.3) is 11.0 Å². The SMILES string of the molecule is O=C(Cn1nnc2ccccc21)NN=Cc1cccnc1. The van der Waals surface area contributed by atoms with Crippen molar-refractivity contribution in [2.45, 2.75) is 6.54 Å². The molecule has 21 heavy (non-hydrogen) atoms. The van der Waals surface area contributed by atoms with E-state index in [1.54, 1.807) is 18.5 Å². The quantitative estimate of drug-likeness (QED) is 0.570. The zero-order valence-electron chi connectivity index (χ0n) is 11.0. The first-order chi connectivity index (χ1) is 10.3. The van der Waals surface area contributed by atoms with Gasteiger partial charge in [-0.25, -0.2) is 10.1 Å². The van der Waals surface area contributed by atoms with Gasteiger partial charge in [-0.15, -0.1) is 5.10 Å². The minimum atomic E-state index is -0.272. The number of amides is 1. The van der Waals surface area contributed by atoms with Crippen molar-refractivity contribution in [1.29, 1.82) is 0 Å². The molecule has 0 saturated heterocycles. The van der Waals surface area contributed by atoms with Crippen LogP contribution in [0.5, 0.6) is 0 Å². The third kappa shape index (κ3) is 3.08. The van der Waals surface area contributed by atoms with E-state index in [0.29, 0.717) is 0 Å². The average Bonchev–Trinajstić information content (AvgIpc) is 2.92. The van der Waals surface area contributed by atoms with Crippen LogP contribution in [0.2, 0.25) is 0 Å². The number of rotatable bonds is 4. The first-order valence-corrected chi connectivity index (χ1v) is 6.33. The molecule has 0 saturated carbocycles. The molecule has 0 atom stereocenters. The summed E-state index contributed by atoms with van der Waals surface area (Å²) in [6.45, 7) is 0.0604. The highest BCUT2D eigenvalue weighted by Crippen LogP contribution is 2.08. The molecule has 7 nitrogen and oxygen atoms in total. The summed E-state index contributed by atoms with van der Waals surface area (Å²) in [6, 6.07) is 11.1. The number of nitrogens with zero attached hydrogens (tertiary/aromatic N) is 5. The third-order valence-electron chi connectivity index (χ3n) is 2.80. The molecule has 7 heteroatoms. The van der Waals surface area contributed by atoms with Gasteiger partial charge >= 0.3 is 0 Å². The lowest BCUT2D eigenvalue weighted by molar-refractivity contribution is -0.121. The number of nitrogens with one attached hydrogen (secondary N) is 1. The van der Waals surface area contributed by atoms with Crippen molar-refractivity contribution in [3.63, 3.8) is 0 Å². The van der Waals surface area contributed by atoms with Gasteiger partial charge in [-0.3, -0.25) is 9.78 Å². The standard InChI is InChI=1S/C14H12N6O/c21-14(18-16-9-11-4-3-7-15-8-11)10-20-13-6-2-1-5-12(13)17-19-20/h1-9H,10H2,(H,18,21). The summed E-state index contributed by atoms with van der Waals surface area (Å²) < 4.78 is 1.53. The summed E-state index contributed by atoms with van der Waals surface area (Å²) in [5.41, 5.74) is 4.82. The van der Waals surface area contributed by atoms with E-state index in [0.717, 1.165) is 16.6 Å². The molecule has 1 amide bonds. The maximum absolute atomic E-state index is 11.8. The Morgan fingerprint density at radius 2 is 2.19 bits per heavy atom. The Balaban J connectivity index is 1.63. The Morgan fingerprint density at radius 1 is 1.29 bits per heavy atom. The second-order valence-corrected chi connectivity index (χ2v) is 4.32. The van der Waals surface area contributed by atoms with Crippen molar-refractivity contribution in [3.05, 3.63) is 54.4 Å². The molecule has 3 aromatic rings. The summed E-state index contributed by atoms with van der Waals surface area (Å²) in [6.07, 6.45) is 4.86. The molecule has 2 aromatic heterocycles. The molecule has 0 radical (unpaired) electrons. The number of hydrogen-bond acceptors (Lipinski definition) is 5. The lowest BCUT2D eigenvalue weighted by atomic mass is 10.3. The van der Waals surface area contributed by atoms with Crippen molar-refractivity contribution >= 4 is 23.2 Å². The second kappa shape index (κ2) is 5.91. The smallest absolute Gasteiger partial charge is 0.261 e. The van der Waals surface area contributed by atoms with Gasteiger partial charge in [-0.1, -0.05) is 23.4 Å². The highest BCUT2D eigenvalue weighted by Gasteiger charge is 2.07. The van der Waals surface area contributed by atoms with Crippen LogP contribution < -0.4 is 5.43 Å². The van der Waals surface area contributed by atoms with Gasteiger partial charge in [0.15, 0.2) is 0 Å². The van der Waals surface area contributed by atoms with Gasteiger partial charge in [-0.2, -0.15) is 5.10 Å². The Hall–Kier alpha value is -3.09. The summed E-state index contributed by atoms with van der Waals surface area (Å²) in [7, 11) is 0. The van der Waals surface area contributed by atoms with Gasteiger partial charge in [-0.05, 0) is 18.2 Å². The number of benzene rings is 1. The molecule has 0 spiro atoms. The Morgan fingerprint density at radius 3 is 3.05 bits per heavy atom. The fourth-order valence-corrected chi connectivity index (χ4v) is 1.84. The highest BCUT2D eigenvalue weighted by atomic mass is 16.2. The van der Waals surface area contributed by atoms with Gasteiger partial charge in [0.1, 0.15) is 12.1 Å². The minimum absolute atomic E-state index is 0.0604.